The Morgan fingerprint density at radius 1 is 1.31 bits per heavy atom. The summed E-state index contributed by atoms with van der Waals surface area (Å²) in [5.41, 5.74) is 1.32. The topological polar surface area (TPSA) is 36.1 Å². The van der Waals surface area contributed by atoms with Crippen LogP contribution in [0.5, 0.6) is 0 Å². The van der Waals surface area contributed by atoms with Gasteiger partial charge in [-0.1, -0.05) is 0 Å². The number of aliphatic hydroxyl groups excluding tert-OH is 1. The van der Waals surface area contributed by atoms with E-state index in [2.05, 4.69) is 17.4 Å². The maximum Gasteiger partial charge on any atom is 0.168 e. The summed E-state index contributed by atoms with van der Waals surface area (Å²) in [6.07, 6.45) is 5.10. The van der Waals surface area contributed by atoms with E-state index in [1.165, 1.54) is 5.56 Å². The Labute approximate surface area is 79.0 Å². The molecule has 0 amide bonds. The number of nitrogens with zero attached hydrogens (tertiary/aromatic N) is 1. The van der Waals surface area contributed by atoms with Crippen LogP contribution in [-0.2, 0) is 13.5 Å². The fraction of sp³-hybridized carbons (Fsp3) is 0.500. The third-order valence-corrected chi connectivity index (χ3v) is 1.93. The molecular weight excluding hydrogens is 164 g/mol. The first kappa shape index (κ1) is 10.2. The van der Waals surface area contributed by atoms with Gasteiger partial charge in [0.05, 0.1) is 6.61 Å². The van der Waals surface area contributed by atoms with Crippen molar-refractivity contribution in [1.82, 2.24) is 5.32 Å². The highest BCUT2D eigenvalue weighted by Gasteiger charge is 1.94. The van der Waals surface area contributed by atoms with Gasteiger partial charge in [-0.15, -0.1) is 0 Å². The lowest BCUT2D eigenvalue weighted by molar-refractivity contribution is -0.671. The largest absolute Gasteiger partial charge is 0.395 e. The second-order valence-electron chi connectivity index (χ2n) is 3.10. The van der Waals surface area contributed by atoms with Crippen molar-refractivity contribution >= 4 is 0 Å². The third kappa shape index (κ3) is 4.01. The van der Waals surface area contributed by atoms with E-state index in [4.69, 9.17) is 5.11 Å². The minimum Gasteiger partial charge on any atom is -0.395 e. The van der Waals surface area contributed by atoms with Crippen LogP contribution in [0.1, 0.15) is 5.56 Å². The fourth-order valence-electron chi connectivity index (χ4n) is 1.14. The van der Waals surface area contributed by atoms with Crippen LogP contribution in [0, 0.1) is 0 Å². The van der Waals surface area contributed by atoms with Crippen LogP contribution in [0.2, 0.25) is 0 Å². The number of hydrogen-bond donors (Lipinski definition) is 2. The predicted molar refractivity (Wildman–Crippen MR) is 51.3 cm³/mol. The molecule has 1 rings (SSSR count). The van der Waals surface area contributed by atoms with Gasteiger partial charge in [0.15, 0.2) is 12.4 Å². The van der Waals surface area contributed by atoms with Crippen LogP contribution in [0.4, 0.5) is 0 Å². The van der Waals surface area contributed by atoms with E-state index < -0.39 is 0 Å². The van der Waals surface area contributed by atoms with Crippen LogP contribution in [0.25, 0.3) is 0 Å². The molecule has 3 heteroatoms. The van der Waals surface area contributed by atoms with Crippen LogP contribution in [0.15, 0.2) is 24.5 Å². The molecule has 0 bridgehead atoms. The van der Waals surface area contributed by atoms with E-state index in [1.807, 2.05) is 24.0 Å². The Morgan fingerprint density at radius 3 is 2.62 bits per heavy atom. The molecule has 2 N–H and O–H groups in total. The van der Waals surface area contributed by atoms with Gasteiger partial charge in [0, 0.05) is 18.7 Å². The monoisotopic (exact) mass is 181 g/mol. The van der Waals surface area contributed by atoms with E-state index in [0.717, 1.165) is 13.0 Å². The molecule has 0 saturated heterocycles. The first-order chi connectivity index (χ1) is 6.33. The highest BCUT2D eigenvalue weighted by atomic mass is 16.3. The van der Waals surface area contributed by atoms with Crippen molar-refractivity contribution in [2.45, 2.75) is 6.42 Å². The van der Waals surface area contributed by atoms with Crippen molar-refractivity contribution in [2.75, 3.05) is 19.7 Å². The highest BCUT2D eigenvalue weighted by Crippen LogP contribution is 1.94. The number of aliphatic hydroxyl groups is 1. The number of pyridine rings is 1. The second-order valence-corrected chi connectivity index (χ2v) is 3.10. The van der Waals surface area contributed by atoms with Gasteiger partial charge in [-0.2, -0.15) is 0 Å². The molecule has 3 nitrogen and oxygen atoms in total. The van der Waals surface area contributed by atoms with E-state index in [-0.39, 0.29) is 6.61 Å². The molecule has 0 radical (unpaired) electrons. The Hall–Kier alpha value is -0.930. The lowest BCUT2D eigenvalue weighted by Crippen LogP contribution is -2.26. The molecule has 1 aromatic heterocycles. The van der Waals surface area contributed by atoms with E-state index in [1.54, 1.807) is 0 Å². The van der Waals surface area contributed by atoms with Gasteiger partial charge in [-0.05, 0) is 18.5 Å². The number of hydrogen-bond acceptors (Lipinski definition) is 2. The summed E-state index contributed by atoms with van der Waals surface area (Å²) in [5.74, 6) is 0. The van der Waals surface area contributed by atoms with Crippen molar-refractivity contribution in [3.8, 4) is 0 Å². The van der Waals surface area contributed by atoms with E-state index in [9.17, 15) is 0 Å². The zero-order chi connectivity index (χ0) is 9.52. The zero-order valence-corrected chi connectivity index (χ0v) is 8.03. The summed E-state index contributed by atoms with van der Waals surface area (Å²) < 4.78 is 2.02. The molecule has 1 heterocycles. The normalized spacial score (nSPS) is 10.3. The Bertz CT molecular complexity index is 233. The number of aryl methyl sites for hydroxylation is 1. The van der Waals surface area contributed by atoms with Gasteiger partial charge in [0.25, 0.3) is 0 Å². The maximum absolute atomic E-state index is 8.53. The fourth-order valence-corrected chi connectivity index (χ4v) is 1.14. The van der Waals surface area contributed by atoms with Gasteiger partial charge in [0.2, 0.25) is 0 Å². The quantitative estimate of drug-likeness (QED) is 0.480. The van der Waals surface area contributed by atoms with Gasteiger partial charge < -0.3 is 10.4 Å². The number of aromatic nitrogens is 1. The van der Waals surface area contributed by atoms with Crippen molar-refractivity contribution in [2.24, 2.45) is 7.05 Å². The average molecular weight is 181 g/mol. The molecule has 1 aromatic rings. The van der Waals surface area contributed by atoms with Gasteiger partial charge >= 0.3 is 0 Å². The lowest BCUT2D eigenvalue weighted by Gasteiger charge is -2.01. The second kappa shape index (κ2) is 5.67. The molecule has 0 saturated carbocycles. The Balaban J connectivity index is 2.25. The molecular formula is C10H17N2O+. The van der Waals surface area contributed by atoms with Gasteiger partial charge in [-0.3, -0.25) is 0 Å². The van der Waals surface area contributed by atoms with Crippen molar-refractivity contribution in [3.05, 3.63) is 30.1 Å². The zero-order valence-electron chi connectivity index (χ0n) is 8.03. The third-order valence-electron chi connectivity index (χ3n) is 1.93. The summed E-state index contributed by atoms with van der Waals surface area (Å²) in [4.78, 5) is 0. The van der Waals surface area contributed by atoms with E-state index >= 15 is 0 Å². The standard InChI is InChI=1S/C10H17N2O/c1-12-7-3-10(4-8-12)2-5-11-6-9-13/h3-4,7-8,11,13H,2,5-6,9H2,1H3/q+1. The Kier molecular flexibility index (Phi) is 4.43. The maximum atomic E-state index is 8.53. The van der Waals surface area contributed by atoms with Crippen molar-refractivity contribution < 1.29 is 9.67 Å². The van der Waals surface area contributed by atoms with Crippen molar-refractivity contribution in [3.63, 3.8) is 0 Å². The summed E-state index contributed by atoms with van der Waals surface area (Å²) in [7, 11) is 2.01. The molecule has 0 fully saturated rings. The smallest absolute Gasteiger partial charge is 0.168 e. The Morgan fingerprint density at radius 2 is 2.00 bits per heavy atom. The number of rotatable bonds is 5. The molecule has 72 valence electrons. The summed E-state index contributed by atoms with van der Waals surface area (Å²) in [6, 6.07) is 4.22. The minimum absolute atomic E-state index is 0.212. The molecule has 13 heavy (non-hydrogen) atoms. The molecule has 0 aromatic carbocycles. The van der Waals surface area contributed by atoms with Crippen LogP contribution in [0.3, 0.4) is 0 Å². The first-order valence-corrected chi connectivity index (χ1v) is 4.58. The average Bonchev–Trinajstić information content (AvgIpc) is 2.15. The molecule has 0 aliphatic rings. The molecule has 0 unspecified atom stereocenters. The summed E-state index contributed by atoms with van der Waals surface area (Å²) in [6.45, 7) is 1.82. The van der Waals surface area contributed by atoms with Crippen LogP contribution in [-0.4, -0.2) is 24.8 Å². The molecule has 0 aliphatic carbocycles. The van der Waals surface area contributed by atoms with Crippen LogP contribution < -0.4 is 9.88 Å². The predicted octanol–water partition coefficient (Wildman–Crippen LogP) is -0.364. The molecule has 0 atom stereocenters. The number of nitrogens with one attached hydrogen (secondary N) is 1. The lowest BCUT2D eigenvalue weighted by atomic mass is 10.2. The van der Waals surface area contributed by atoms with Crippen molar-refractivity contribution in [1.29, 1.82) is 0 Å². The van der Waals surface area contributed by atoms with Gasteiger partial charge in [0.1, 0.15) is 7.05 Å². The SMILES string of the molecule is C[n+]1ccc(CCNCCO)cc1. The molecule has 0 spiro atoms. The minimum atomic E-state index is 0.212. The van der Waals surface area contributed by atoms with E-state index in [0.29, 0.717) is 6.54 Å². The van der Waals surface area contributed by atoms with Gasteiger partial charge in [-0.25, -0.2) is 4.57 Å². The summed E-state index contributed by atoms with van der Waals surface area (Å²) in [5, 5.41) is 11.7. The first-order valence-electron chi connectivity index (χ1n) is 4.58. The highest BCUT2D eigenvalue weighted by molar-refractivity contribution is 5.07. The van der Waals surface area contributed by atoms with Crippen LogP contribution >= 0.6 is 0 Å². The molecule has 0 aliphatic heterocycles. The summed E-state index contributed by atoms with van der Waals surface area (Å²) >= 11 is 0.